The van der Waals surface area contributed by atoms with Crippen molar-refractivity contribution in [2.45, 2.75) is 44.0 Å². The van der Waals surface area contributed by atoms with E-state index in [4.69, 9.17) is 14.7 Å². The van der Waals surface area contributed by atoms with Crippen molar-refractivity contribution < 1.29 is 23.7 Å². The molecule has 3 atom stereocenters. The number of hydrogen-bond acceptors (Lipinski definition) is 6. The van der Waals surface area contributed by atoms with Crippen LogP contribution in [-0.4, -0.2) is 51.3 Å². The Labute approximate surface area is 162 Å². The minimum Gasteiger partial charge on any atom is -0.465 e. The van der Waals surface area contributed by atoms with E-state index in [1.54, 1.807) is 13.8 Å². The van der Waals surface area contributed by atoms with E-state index >= 15 is 0 Å². The van der Waals surface area contributed by atoms with E-state index in [9.17, 15) is 9.00 Å². The topological polar surface area (TPSA) is 85.2 Å². The SMILES string of the molecule is CCOC(=O)C(C)(CC1CC(c2ccc(C#CCCO)cc2)=NO1)S(C)=O. The van der Waals surface area contributed by atoms with Crippen molar-refractivity contribution in [1.29, 1.82) is 0 Å². The number of esters is 1. The number of aliphatic hydroxyl groups is 1. The first-order valence-electron chi connectivity index (χ1n) is 8.84. The van der Waals surface area contributed by atoms with E-state index < -0.39 is 21.5 Å². The quantitative estimate of drug-likeness (QED) is 0.568. The molecule has 0 saturated carbocycles. The van der Waals surface area contributed by atoms with Gasteiger partial charge in [-0.25, -0.2) is 0 Å². The zero-order valence-electron chi connectivity index (χ0n) is 15.9. The summed E-state index contributed by atoms with van der Waals surface area (Å²) in [7, 11) is -1.40. The van der Waals surface area contributed by atoms with Crippen molar-refractivity contribution in [3.8, 4) is 11.8 Å². The molecule has 0 bridgehead atoms. The largest absolute Gasteiger partial charge is 0.465 e. The van der Waals surface area contributed by atoms with Crippen molar-refractivity contribution in [3.05, 3.63) is 35.4 Å². The van der Waals surface area contributed by atoms with Gasteiger partial charge in [0.1, 0.15) is 10.9 Å². The van der Waals surface area contributed by atoms with Crippen LogP contribution in [0.3, 0.4) is 0 Å². The van der Waals surface area contributed by atoms with Crippen molar-refractivity contribution in [2.24, 2.45) is 5.16 Å². The molecule has 0 radical (unpaired) electrons. The second-order valence-corrected chi connectivity index (χ2v) is 8.24. The summed E-state index contributed by atoms with van der Waals surface area (Å²) in [4.78, 5) is 17.7. The third-order valence-electron chi connectivity index (χ3n) is 4.38. The first kappa shape index (κ1) is 21.1. The maximum Gasteiger partial charge on any atom is 0.324 e. The van der Waals surface area contributed by atoms with Gasteiger partial charge < -0.3 is 14.7 Å². The second-order valence-electron chi connectivity index (χ2n) is 6.43. The van der Waals surface area contributed by atoms with Gasteiger partial charge in [0, 0.05) is 41.9 Å². The van der Waals surface area contributed by atoms with Crippen molar-refractivity contribution in [1.82, 2.24) is 0 Å². The molecule has 1 aromatic rings. The fourth-order valence-electron chi connectivity index (χ4n) is 2.71. The van der Waals surface area contributed by atoms with Gasteiger partial charge in [0.2, 0.25) is 0 Å². The molecule has 0 spiro atoms. The number of nitrogens with zero attached hydrogens (tertiary/aromatic N) is 1. The molecular formula is C20H25NO5S. The van der Waals surface area contributed by atoms with Crippen molar-refractivity contribution in [2.75, 3.05) is 19.5 Å². The average molecular weight is 391 g/mol. The highest BCUT2D eigenvalue weighted by molar-refractivity contribution is 7.86. The molecule has 146 valence electrons. The van der Waals surface area contributed by atoms with Gasteiger partial charge >= 0.3 is 5.97 Å². The minimum atomic E-state index is -1.40. The summed E-state index contributed by atoms with van der Waals surface area (Å²) in [6.07, 6.45) is 2.42. The Kier molecular flexibility index (Phi) is 7.57. The second kappa shape index (κ2) is 9.67. The Bertz CT molecular complexity index is 778. The molecule has 0 fully saturated rings. The van der Waals surface area contributed by atoms with Crippen LogP contribution in [0.1, 0.15) is 44.2 Å². The lowest BCUT2D eigenvalue weighted by Crippen LogP contribution is -2.44. The third kappa shape index (κ3) is 5.41. The zero-order chi connectivity index (χ0) is 19.9. The van der Waals surface area contributed by atoms with E-state index in [1.807, 2.05) is 24.3 Å². The zero-order valence-corrected chi connectivity index (χ0v) is 16.7. The number of hydrogen-bond donors (Lipinski definition) is 1. The van der Waals surface area contributed by atoms with E-state index in [-0.39, 0.29) is 25.7 Å². The smallest absolute Gasteiger partial charge is 0.324 e. The van der Waals surface area contributed by atoms with Crippen LogP contribution in [0.4, 0.5) is 0 Å². The molecule has 0 saturated heterocycles. The molecule has 0 aliphatic carbocycles. The van der Waals surface area contributed by atoms with E-state index in [1.165, 1.54) is 6.26 Å². The van der Waals surface area contributed by atoms with Gasteiger partial charge in [0.15, 0.2) is 0 Å². The summed E-state index contributed by atoms with van der Waals surface area (Å²) in [5.41, 5.74) is 2.56. The molecule has 2 rings (SSSR count). The first-order chi connectivity index (χ1) is 12.9. The molecule has 0 aromatic heterocycles. The number of ether oxygens (including phenoxy) is 1. The highest BCUT2D eigenvalue weighted by atomic mass is 32.2. The first-order valence-corrected chi connectivity index (χ1v) is 10.4. The highest BCUT2D eigenvalue weighted by Crippen LogP contribution is 2.28. The van der Waals surface area contributed by atoms with Gasteiger partial charge in [-0.05, 0) is 31.5 Å². The molecule has 1 aliphatic rings. The van der Waals surface area contributed by atoms with E-state index in [0.717, 1.165) is 16.8 Å². The number of rotatable bonds is 7. The molecule has 7 heteroatoms. The molecular weight excluding hydrogens is 366 g/mol. The molecule has 1 N–H and O–H groups in total. The lowest BCUT2D eigenvalue weighted by Gasteiger charge is -2.26. The van der Waals surface area contributed by atoms with Crippen molar-refractivity contribution in [3.63, 3.8) is 0 Å². The average Bonchev–Trinajstić information content (AvgIpc) is 3.10. The van der Waals surface area contributed by atoms with Crippen LogP contribution < -0.4 is 0 Å². The Morgan fingerprint density at radius 2 is 2.15 bits per heavy atom. The van der Waals surface area contributed by atoms with Crippen LogP contribution in [0.15, 0.2) is 29.4 Å². The Morgan fingerprint density at radius 1 is 1.44 bits per heavy atom. The summed E-state index contributed by atoms with van der Waals surface area (Å²) in [5.74, 6) is 5.37. The standard InChI is InChI=1S/C20H25NO5S/c1-4-25-19(23)20(2,27(3)24)14-17-13-18(21-26-17)16-10-8-15(9-11-16)7-5-6-12-22/h8-11,17,22H,4,6,12-14H2,1-3H3. The molecule has 6 nitrogen and oxygen atoms in total. The van der Waals surface area contributed by atoms with Crippen LogP contribution in [0, 0.1) is 11.8 Å². The number of carbonyl (C=O) groups excluding carboxylic acids is 1. The van der Waals surface area contributed by atoms with Crippen molar-refractivity contribution >= 4 is 22.5 Å². The lowest BCUT2D eigenvalue weighted by molar-refractivity contribution is -0.146. The lowest BCUT2D eigenvalue weighted by atomic mass is 9.97. The highest BCUT2D eigenvalue weighted by Gasteiger charge is 2.43. The third-order valence-corrected chi connectivity index (χ3v) is 5.98. The molecule has 0 amide bonds. The van der Waals surface area contributed by atoms with Crippen LogP contribution in [-0.2, 0) is 25.2 Å². The number of carbonyl (C=O) groups is 1. The van der Waals surface area contributed by atoms with Gasteiger partial charge in [-0.2, -0.15) is 0 Å². The Morgan fingerprint density at radius 3 is 2.74 bits per heavy atom. The molecule has 1 aromatic carbocycles. The Hall–Kier alpha value is -2.17. The maximum atomic E-state index is 12.3. The summed E-state index contributed by atoms with van der Waals surface area (Å²) >= 11 is 0. The predicted molar refractivity (Wildman–Crippen MR) is 105 cm³/mol. The van der Waals surface area contributed by atoms with Gasteiger partial charge in [0.25, 0.3) is 0 Å². The predicted octanol–water partition coefficient (Wildman–Crippen LogP) is 2.00. The number of oxime groups is 1. The van der Waals surface area contributed by atoms with Crippen LogP contribution in [0.2, 0.25) is 0 Å². The minimum absolute atomic E-state index is 0.0495. The van der Waals surface area contributed by atoms with E-state index in [2.05, 4.69) is 17.0 Å². The van der Waals surface area contributed by atoms with Gasteiger partial charge in [-0.15, -0.1) is 0 Å². The number of aliphatic hydroxyl groups excluding tert-OH is 1. The van der Waals surface area contributed by atoms with E-state index in [0.29, 0.717) is 12.8 Å². The summed E-state index contributed by atoms with van der Waals surface area (Å²) in [5, 5.41) is 12.9. The Balaban J connectivity index is 2.02. The maximum absolute atomic E-state index is 12.3. The van der Waals surface area contributed by atoms with Gasteiger partial charge in [-0.3, -0.25) is 9.00 Å². The number of benzene rings is 1. The summed E-state index contributed by atoms with van der Waals surface area (Å²) < 4.78 is 16.1. The fraction of sp³-hybridized carbons (Fsp3) is 0.500. The molecule has 1 aliphatic heterocycles. The van der Waals surface area contributed by atoms with Crippen LogP contribution in [0.25, 0.3) is 0 Å². The van der Waals surface area contributed by atoms with Crippen LogP contribution in [0.5, 0.6) is 0 Å². The monoisotopic (exact) mass is 391 g/mol. The van der Waals surface area contributed by atoms with Gasteiger partial charge in [-0.1, -0.05) is 29.1 Å². The molecule has 27 heavy (non-hydrogen) atoms. The molecule has 3 unspecified atom stereocenters. The van der Waals surface area contributed by atoms with Gasteiger partial charge in [0.05, 0.1) is 18.9 Å². The normalized spacial score (nSPS) is 19.1. The molecule has 1 heterocycles. The van der Waals surface area contributed by atoms with Crippen LogP contribution >= 0.6 is 0 Å². The summed E-state index contributed by atoms with van der Waals surface area (Å²) in [6, 6.07) is 7.60. The summed E-state index contributed by atoms with van der Waals surface area (Å²) in [6.45, 7) is 3.66. The fourth-order valence-corrected chi connectivity index (χ4v) is 3.43.